The van der Waals surface area contributed by atoms with Crippen molar-refractivity contribution in [2.24, 2.45) is 0 Å². The van der Waals surface area contributed by atoms with E-state index in [0.29, 0.717) is 36.0 Å². The van der Waals surface area contributed by atoms with Gasteiger partial charge in [-0.3, -0.25) is 4.79 Å². The molecule has 0 aliphatic carbocycles. The molecule has 0 bridgehead atoms. The number of hydrogen-bond donors (Lipinski definition) is 0. The minimum absolute atomic E-state index is 0.0470. The molecule has 3 rings (SSSR count). The number of amides is 1. The highest BCUT2D eigenvalue weighted by atomic mass is 32.2. The molecule has 1 saturated heterocycles. The van der Waals surface area contributed by atoms with E-state index in [1.165, 1.54) is 15.6 Å². The predicted molar refractivity (Wildman–Crippen MR) is 109 cm³/mol. The van der Waals surface area contributed by atoms with Gasteiger partial charge in [0.25, 0.3) is 15.9 Å². The summed E-state index contributed by atoms with van der Waals surface area (Å²) >= 11 is 1.22. The van der Waals surface area contributed by atoms with Crippen LogP contribution in [0.15, 0.2) is 46.0 Å². The molecule has 2 aromatic rings. The normalized spacial score (nSPS) is 15.7. The van der Waals surface area contributed by atoms with Crippen LogP contribution in [0.25, 0.3) is 0 Å². The quantitative estimate of drug-likeness (QED) is 0.739. The lowest BCUT2D eigenvalue weighted by Gasteiger charge is -2.33. The summed E-state index contributed by atoms with van der Waals surface area (Å²) in [7, 11) is -3.45. The Kier molecular flexibility index (Phi) is 6.18. The molecule has 0 saturated carbocycles. The molecule has 0 unspecified atom stereocenters. The third-order valence-electron chi connectivity index (χ3n) is 4.86. The van der Waals surface area contributed by atoms with Crippen molar-refractivity contribution >= 4 is 33.0 Å². The zero-order chi connectivity index (χ0) is 19.4. The number of anilines is 1. The van der Waals surface area contributed by atoms with Gasteiger partial charge in [-0.05, 0) is 49.6 Å². The lowest BCUT2D eigenvalue weighted by molar-refractivity contribution is 0.0698. The number of rotatable bonds is 6. The van der Waals surface area contributed by atoms with E-state index in [4.69, 9.17) is 0 Å². The standard InChI is InChI=1S/C19H25N3O3S2/c1-3-20(4-2)17-9-7-16(8-10-17)19(23)21-11-13-22(14-12-21)27(24,25)18-6-5-15-26-18/h5-10,15H,3-4,11-14H2,1-2H3. The van der Waals surface area contributed by atoms with Crippen molar-refractivity contribution in [2.75, 3.05) is 44.2 Å². The Hall–Kier alpha value is -1.90. The van der Waals surface area contributed by atoms with Gasteiger partial charge in [-0.25, -0.2) is 8.42 Å². The third kappa shape index (κ3) is 4.17. The van der Waals surface area contributed by atoms with Gasteiger partial charge in [0.05, 0.1) is 0 Å². The summed E-state index contributed by atoms with van der Waals surface area (Å²) in [6.07, 6.45) is 0. The first-order valence-corrected chi connectivity index (χ1v) is 11.5. The number of thiophene rings is 1. The van der Waals surface area contributed by atoms with Gasteiger partial charge in [0.15, 0.2) is 0 Å². The molecular weight excluding hydrogens is 382 g/mol. The van der Waals surface area contributed by atoms with E-state index in [2.05, 4.69) is 18.7 Å². The van der Waals surface area contributed by atoms with E-state index < -0.39 is 10.0 Å². The Morgan fingerprint density at radius 3 is 2.19 bits per heavy atom. The van der Waals surface area contributed by atoms with Gasteiger partial charge in [-0.1, -0.05) is 6.07 Å². The molecular formula is C19H25N3O3S2. The largest absolute Gasteiger partial charge is 0.372 e. The monoisotopic (exact) mass is 407 g/mol. The van der Waals surface area contributed by atoms with Crippen LogP contribution in [-0.2, 0) is 10.0 Å². The fourth-order valence-electron chi connectivity index (χ4n) is 3.26. The highest BCUT2D eigenvalue weighted by Crippen LogP contribution is 2.23. The molecule has 2 heterocycles. The van der Waals surface area contributed by atoms with Gasteiger partial charge in [0.2, 0.25) is 0 Å². The van der Waals surface area contributed by atoms with Crippen molar-refractivity contribution in [3.05, 3.63) is 47.3 Å². The van der Waals surface area contributed by atoms with Crippen LogP contribution in [0.3, 0.4) is 0 Å². The SMILES string of the molecule is CCN(CC)c1ccc(C(=O)N2CCN(S(=O)(=O)c3cccs3)CC2)cc1. The third-order valence-corrected chi connectivity index (χ3v) is 8.13. The predicted octanol–water partition coefficient (Wildman–Crippen LogP) is 2.74. The summed E-state index contributed by atoms with van der Waals surface area (Å²) in [6, 6.07) is 11.0. The zero-order valence-corrected chi connectivity index (χ0v) is 17.3. The molecule has 1 aromatic carbocycles. The Bertz CT molecular complexity index is 852. The summed E-state index contributed by atoms with van der Waals surface area (Å²) in [6.45, 7) is 7.50. The van der Waals surface area contributed by atoms with E-state index in [1.807, 2.05) is 24.3 Å². The molecule has 146 valence electrons. The van der Waals surface area contributed by atoms with Crippen LogP contribution in [0.1, 0.15) is 24.2 Å². The first-order chi connectivity index (χ1) is 13.0. The van der Waals surface area contributed by atoms with Crippen molar-refractivity contribution in [3.63, 3.8) is 0 Å². The number of carbonyl (C=O) groups is 1. The number of sulfonamides is 1. The molecule has 1 aliphatic rings. The fraction of sp³-hybridized carbons (Fsp3) is 0.421. The van der Waals surface area contributed by atoms with Crippen LogP contribution in [0.2, 0.25) is 0 Å². The summed E-state index contributed by atoms with van der Waals surface area (Å²) in [5.74, 6) is -0.0470. The number of nitrogens with zero attached hydrogens (tertiary/aromatic N) is 3. The van der Waals surface area contributed by atoms with Gasteiger partial charge in [-0.2, -0.15) is 4.31 Å². The second-order valence-corrected chi connectivity index (χ2v) is 9.46. The average Bonchev–Trinajstić information content (AvgIpc) is 3.25. The first kappa shape index (κ1) is 19.9. The first-order valence-electron chi connectivity index (χ1n) is 9.15. The number of piperazine rings is 1. The highest BCUT2D eigenvalue weighted by molar-refractivity contribution is 7.91. The molecule has 8 heteroatoms. The minimum atomic E-state index is -3.45. The minimum Gasteiger partial charge on any atom is -0.372 e. The van der Waals surface area contributed by atoms with Gasteiger partial charge < -0.3 is 9.80 Å². The lowest BCUT2D eigenvalue weighted by atomic mass is 10.1. The Labute approximate surface area is 165 Å². The Morgan fingerprint density at radius 2 is 1.67 bits per heavy atom. The van der Waals surface area contributed by atoms with Crippen LogP contribution < -0.4 is 4.90 Å². The van der Waals surface area contributed by atoms with Crippen molar-refractivity contribution in [2.45, 2.75) is 18.1 Å². The summed E-state index contributed by atoms with van der Waals surface area (Å²) in [5, 5.41) is 1.76. The summed E-state index contributed by atoms with van der Waals surface area (Å²) in [4.78, 5) is 16.7. The van der Waals surface area contributed by atoms with Crippen molar-refractivity contribution in [3.8, 4) is 0 Å². The second-order valence-electron chi connectivity index (χ2n) is 6.35. The van der Waals surface area contributed by atoms with Crippen LogP contribution in [-0.4, -0.2) is 62.8 Å². The lowest BCUT2D eigenvalue weighted by Crippen LogP contribution is -2.50. The van der Waals surface area contributed by atoms with Gasteiger partial charge in [0.1, 0.15) is 4.21 Å². The maximum Gasteiger partial charge on any atom is 0.253 e. The number of carbonyl (C=O) groups excluding carboxylic acids is 1. The molecule has 1 aromatic heterocycles. The van der Waals surface area contributed by atoms with Crippen LogP contribution >= 0.6 is 11.3 Å². The smallest absolute Gasteiger partial charge is 0.253 e. The molecule has 0 radical (unpaired) electrons. The molecule has 0 N–H and O–H groups in total. The molecule has 1 aliphatic heterocycles. The number of hydrogen-bond acceptors (Lipinski definition) is 5. The number of benzene rings is 1. The maximum atomic E-state index is 12.8. The maximum absolute atomic E-state index is 12.8. The van der Waals surface area contributed by atoms with E-state index in [-0.39, 0.29) is 5.91 Å². The Balaban J connectivity index is 1.63. The van der Waals surface area contributed by atoms with Crippen molar-refractivity contribution in [1.29, 1.82) is 0 Å². The van der Waals surface area contributed by atoms with Crippen LogP contribution in [0.5, 0.6) is 0 Å². The topological polar surface area (TPSA) is 60.9 Å². The van der Waals surface area contributed by atoms with Gasteiger partial charge >= 0.3 is 0 Å². The van der Waals surface area contributed by atoms with E-state index in [1.54, 1.807) is 22.4 Å². The average molecular weight is 408 g/mol. The van der Waals surface area contributed by atoms with Gasteiger partial charge in [0, 0.05) is 50.5 Å². The molecule has 1 fully saturated rings. The molecule has 6 nitrogen and oxygen atoms in total. The van der Waals surface area contributed by atoms with E-state index in [9.17, 15) is 13.2 Å². The van der Waals surface area contributed by atoms with Gasteiger partial charge in [-0.15, -0.1) is 11.3 Å². The molecule has 27 heavy (non-hydrogen) atoms. The summed E-state index contributed by atoms with van der Waals surface area (Å²) < 4.78 is 27.0. The van der Waals surface area contributed by atoms with E-state index in [0.717, 1.165) is 18.8 Å². The van der Waals surface area contributed by atoms with Crippen LogP contribution in [0, 0.1) is 0 Å². The van der Waals surface area contributed by atoms with Crippen molar-refractivity contribution in [1.82, 2.24) is 9.21 Å². The molecule has 1 amide bonds. The fourth-order valence-corrected chi connectivity index (χ4v) is 5.82. The molecule has 0 spiro atoms. The van der Waals surface area contributed by atoms with Crippen molar-refractivity contribution < 1.29 is 13.2 Å². The zero-order valence-electron chi connectivity index (χ0n) is 15.7. The van der Waals surface area contributed by atoms with Crippen LogP contribution in [0.4, 0.5) is 5.69 Å². The van der Waals surface area contributed by atoms with E-state index >= 15 is 0 Å². The molecule has 0 atom stereocenters. The highest BCUT2D eigenvalue weighted by Gasteiger charge is 2.30. The second kappa shape index (κ2) is 8.41. The summed E-state index contributed by atoms with van der Waals surface area (Å²) in [5.41, 5.74) is 1.74. The Morgan fingerprint density at radius 1 is 1.04 bits per heavy atom.